The fourth-order valence-corrected chi connectivity index (χ4v) is 3.18. The zero-order valence-corrected chi connectivity index (χ0v) is 17.0. The Balaban J connectivity index is 1.43. The Morgan fingerprint density at radius 2 is 1.60 bits per heavy atom. The van der Waals surface area contributed by atoms with Crippen molar-refractivity contribution >= 4 is 11.9 Å². The van der Waals surface area contributed by atoms with Gasteiger partial charge in [-0.25, -0.2) is 0 Å². The molecule has 0 radical (unpaired) electrons. The van der Waals surface area contributed by atoms with Crippen LogP contribution in [0.25, 0.3) is 0 Å². The second kappa shape index (κ2) is 9.82. The maximum absolute atomic E-state index is 5.74. The van der Waals surface area contributed by atoms with Crippen molar-refractivity contribution in [2.45, 2.75) is 32.3 Å². The lowest BCUT2D eigenvalue weighted by Crippen LogP contribution is -2.26. The number of nitrogens with one attached hydrogen (secondary N) is 1. The minimum absolute atomic E-state index is 0.181. The molecule has 3 heterocycles. The standard InChI is InChI=1S/C21H25N7O2/c1-22-19-23-20(28-13-7-2-3-8-14-28)25-21(24-19)30-18-12-11-17(26-27-18)29-15-16-9-5-4-6-10-16/h4-6,9-12H,2-3,7-8,13-15H2,1H3,(H,22,23,24,25). The summed E-state index contributed by atoms with van der Waals surface area (Å²) in [6.07, 6.45) is 4.73. The van der Waals surface area contributed by atoms with E-state index in [9.17, 15) is 0 Å². The number of rotatable bonds is 7. The molecule has 2 aromatic heterocycles. The number of ether oxygens (including phenoxy) is 2. The van der Waals surface area contributed by atoms with Gasteiger partial charge in [0.2, 0.25) is 23.7 Å². The van der Waals surface area contributed by atoms with E-state index in [-0.39, 0.29) is 11.9 Å². The minimum atomic E-state index is 0.181. The highest BCUT2D eigenvalue weighted by Gasteiger charge is 2.16. The van der Waals surface area contributed by atoms with Crippen LogP contribution in [0.4, 0.5) is 11.9 Å². The first kappa shape index (κ1) is 19.8. The normalized spacial score (nSPS) is 14.1. The fraction of sp³-hybridized carbons (Fsp3) is 0.381. The van der Waals surface area contributed by atoms with Crippen LogP contribution in [-0.4, -0.2) is 45.3 Å². The van der Waals surface area contributed by atoms with Crippen LogP contribution in [0.1, 0.15) is 31.2 Å². The quantitative estimate of drug-likeness (QED) is 0.631. The number of hydrogen-bond donors (Lipinski definition) is 1. The molecule has 1 saturated heterocycles. The largest absolute Gasteiger partial charge is 0.472 e. The van der Waals surface area contributed by atoms with Crippen molar-refractivity contribution in [3.8, 4) is 17.8 Å². The SMILES string of the molecule is CNc1nc(Oc2ccc(OCc3ccccc3)nn2)nc(N2CCCCCC2)n1. The summed E-state index contributed by atoms with van der Waals surface area (Å²) in [6.45, 7) is 2.29. The van der Waals surface area contributed by atoms with Gasteiger partial charge in [0.15, 0.2) is 0 Å². The number of aromatic nitrogens is 5. The molecular weight excluding hydrogens is 382 g/mol. The molecule has 1 N–H and O–H groups in total. The van der Waals surface area contributed by atoms with Crippen LogP contribution < -0.4 is 19.7 Å². The van der Waals surface area contributed by atoms with Gasteiger partial charge in [-0.1, -0.05) is 43.2 Å². The molecular formula is C21H25N7O2. The molecule has 1 fully saturated rings. The highest BCUT2D eigenvalue weighted by atomic mass is 16.5. The van der Waals surface area contributed by atoms with E-state index in [1.54, 1.807) is 19.2 Å². The molecule has 0 amide bonds. The van der Waals surface area contributed by atoms with Gasteiger partial charge in [-0.2, -0.15) is 15.0 Å². The summed E-state index contributed by atoms with van der Waals surface area (Å²) in [4.78, 5) is 15.4. The van der Waals surface area contributed by atoms with Crippen LogP contribution >= 0.6 is 0 Å². The first-order valence-electron chi connectivity index (χ1n) is 10.2. The van der Waals surface area contributed by atoms with Crippen molar-refractivity contribution in [1.29, 1.82) is 0 Å². The van der Waals surface area contributed by atoms with Gasteiger partial charge < -0.3 is 19.7 Å². The van der Waals surface area contributed by atoms with Crippen LogP contribution in [-0.2, 0) is 6.61 Å². The van der Waals surface area contributed by atoms with Gasteiger partial charge in [0, 0.05) is 32.3 Å². The second-order valence-corrected chi connectivity index (χ2v) is 6.98. The van der Waals surface area contributed by atoms with E-state index < -0.39 is 0 Å². The summed E-state index contributed by atoms with van der Waals surface area (Å²) >= 11 is 0. The molecule has 30 heavy (non-hydrogen) atoms. The Labute approximate surface area is 175 Å². The summed E-state index contributed by atoms with van der Waals surface area (Å²) in [6, 6.07) is 13.5. The summed E-state index contributed by atoms with van der Waals surface area (Å²) in [5.74, 6) is 1.78. The number of nitrogens with zero attached hydrogens (tertiary/aromatic N) is 6. The summed E-state index contributed by atoms with van der Waals surface area (Å²) in [7, 11) is 1.77. The van der Waals surface area contributed by atoms with Crippen LogP contribution in [0.15, 0.2) is 42.5 Å². The molecule has 1 aliphatic rings. The van der Waals surface area contributed by atoms with Crippen molar-refractivity contribution in [2.75, 3.05) is 30.4 Å². The maximum atomic E-state index is 5.74. The summed E-state index contributed by atoms with van der Waals surface area (Å²) in [5.41, 5.74) is 1.06. The Kier molecular flexibility index (Phi) is 6.48. The van der Waals surface area contributed by atoms with E-state index in [1.807, 2.05) is 30.3 Å². The van der Waals surface area contributed by atoms with E-state index in [1.165, 1.54) is 12.8 Å². The molecule has 0 atom stereocenters. The third kappa shape index (κ3) is 5.31. The zero-order chi connectivity index (χ0) is 20.6. The minimum Gasteiger partial charge on any atom is -0.472 e. The Bertz CT molecular complexity index is 930. The van der Waals surface area contributed by atoms with E-state index in [4.69, 9.17) is 9.47 Å². The van der Waals surface area contributed by atoms with Gasteiger partial charge in [-0.15, -0.1) is 10.2 Å². The van der Waals surface area contributed by atoms with Gasteiger partial charge in [0.25, 0.3) is 0 Å². The van der Waals surface area contributed by atoms with Crippen molar-refractivity contribution in [3.05, 3.63) is 48.0 Å². The average molecular weight is 407 g/mol. The van der Waals surface area contributed by atoms with Gasteiger partial charge in [-0.3, -0.25) is 0 Å². The second-order valence-electron chi connectivity index (χ2n) is 6.98. The first-order valence-corrected chi connectivity index (χ1v) is 10.2. The van der Waals surface area contributed by atoms with Crippen LogP contribution in [0.3, 0.4) is 0 Å². The van der Waals surface area contributed by atoms with Crippen molar-refractivity contribution in [3.63, 3.8) is 0 Å². The van der Waals surface area contributed by atoms with Crippen molar-refractivity contribution in [2.24, 2.45) is 0 Å². The molecule has 0 unspecified atom stereocenters. The van der Waals surface area contributed by atoms with Gasteiger partial charge in [0.05, 0.1) is 0 Å². The third-order valence-electron chi connectivity index (χ3n) is 4.76. The molecule has 9 heteroatoms. The third-order valence-corrected chi connectivity index (χ3v) is 4.76. The summed E-state index contributed by atoms with van der Waals surface area (Å²) < 4.78 is 11.4. The molecule has 9 nitrogen and oxygen atoms in total. The molecule has 0 saturated carbocycles. The topological polar surface area (TPSA) is 98.2 Å². The lowest BCUT2D eigenvalue weighted by atomic mass is 10.2. The lowest BCUT2D eigenvalue weighted by Gasteiger charge is -2.20. The molecule has 1 aromatic carbocycles. The monoisotopic (exact) mass is 407 g/mol. The van der Waals surface area contributed by atoms with E-state index in [0.717, 1.165) is 31.5 Å². The van der Waals surface area contributed by atoms with Crippen LogP contribution in [0, 0.1) is 0 Å². The fourth-order valence-electron chi connectivity index (χ4n) is 3.18. The smallest absolute Gasteiger partial charge is 0.330 e. The predicted octanol–water partition coefficient (Wildman–Crippen LogP) is 3.46. The van der Waals surface area contributed by atoms with Gasteiger partial charge in [0.1, 0.15) is 6.61 Å². The average Bonchev–Trinajstić information content (AvgIpc) is 3.09. The van der Waals surface area contributed by atoms with Gasteiger partial charge in [-0.05, 0) is 18.4 Å². The molecule has 156 valence electrons. The predicted molar refractivity (Wildman–Crippen MR) is 113 cm³/mol. The maximum Gasteiger partial charge on any atom is 0.330 e. The number of anilines is 2. The van der Waals surface area contributed by atoms with Crippen LogP contribution in [0.5, 0.6) is 17.8 Å². The van der Waals surface area contributed by atoms with Gasteiger partial charge >= 0.3 is 6.01 Å². The van der Waals surface area contributed by atoms with E-state index in [2.05, 4.69) is 35.4 Å². The lowest BCUT2D eigenvalue weighted by molar-refractivity contribution is 0.287. The first-order chi connectivity index (χ1) is 14.8. The van der Waals surface area contributed by atoms with E-state index in [0.29, 0.717) is 24.4 Å². The Morgan fingerprint density at radius 3 is 2.30 bits per heavy atom. The molecule has 3 aromatic rings. The van der Waals surface area contributed by atoms with Crippen molar-refractivity contribution < 1.29 is 9.47 Å². The Hall–Kier alpha value is -3.49. The zero-order valence-electron chi connectivity index (χ0n) is 17.0. The number of hydrogen-bond acceptors (Lipinski definition) is 9. The molecule has 4 rings (SSSR count). The van der Waals surface area contributed by atoms with E-state index >= 15 is 0 Å². The molecule has 0 aliphatic carbocycles. The highest BCUT2D eigenvalue weighted by Crippen LogP contribution is 2.22. The summed E-state index contributed by atoms with van der Waals surface area (Å²) in [5, 5.41) is 11.1. The molecule has 0 spiro atoms. The molecule has 0 bridgehead atoms. The number of benzene rings is 1. The van der Waals surface area contributed by atoms with Crippen LogP contribution in [0.2, 0.25) is 0 Å². The Morgan fingerprint density at radius 1 is 0.867 bits per heavy atom. The highest BCUT2D eigenvalue weighted by molar-refractivity contribution is 5.38. The molecule has 1 aliphatic heterocycles. The van der Waals surface area contributed by atoms with Crippen molar-refractivity contribution in [1.82, 2.24) is 25.1 Å².